The normalized spacial score (nSPS) is 14.1. The Morgan fingerprint density at radius 2 is 1.92 bits per heavy atom. The zero-order chi connectivity index (χ0) is 17.9. The summed E-state index contributed by atoms with van der Waals surface area (Å²) < 4.78 is 23.5. The van der Waals surface area contributed by atoms with Gasteiger partial charge in [-0.3, -0.25) is 9.78 Å². The van der Waals surface area contributed by atoms with Gasteiger partial charge in [-0.25, -0.2) is 4.39 Å². The van der Waals surface area contributed by atoms with Crippen molar-refractivity contribution in [2.45, 2.75) is 5.92 Å². The summed E-state index contributed by atoms with van der Waals surface area (Å²) >= 11 is 0. The molecule has 3 aromatic rings. The number of aromatic nitrogens is 3. The van der Waals surface area contributed by atoms with Crippen LogP contribution in [0.2, 0.25) is 0 Å². The fraction of sp³-hybridized carbons (Fsp3) is 0.222. The first-order chi connectivity index (χ1) is 12.7. The van der Waals surface area contributed by atoms with E-state index >= 15 is 0 Å². The van der Waals surface area contributed by atoms with Crippen LogP contribution in [0.15, 0.2) is 53.3 Å². The van der Waals surface area contributed by atoms with Crippen LogP contribution in [-0.4, -0.2) is 45.6 Å². The molecule has 1 saturated heterocycles. The van der Waals surface area contributed by atoms with Crippen LogP contribution in [0.25, 0.3) is 11.4 Å². The summed E-state index contributed by atoms with van der Waals surface area (Å²) in [5, 5.41) is 3.97. The van der Waals surface area contributed by atoms with E-state index in [1.807, 2.05) is 0 Å². The van der Waals surface area contributed by atoms with Crippen LogP contribution >= 0.6 is 0 Å². The van der Waals surface area contributed by atoms with E-state index in [9.17, 15) is 9.18 Å². The van der Waals surface area contributed by atoms with Crippen molar-refractivity contribution in [1.29, 1.82) is 0 Å². The topological polar surface area (TPSA) is 81.4 Å². The molecule has 0 saturated carbocycles. The molecule has 0 unspecified atom stereocenters. The summed E-state index contributed by atoms with van der Waals surface area (Å²) in [5.74, 6) is 1.01. The van der Waals surface area contributed by atoms with Crippen LogP contribution < -0.4 is 4.74 Å². The molecule has 0 radical (unpaired) electrons. The zero-order valence-electron chi connectivity index (χ0n) is 13.7. The number of benzene rings is 1. The lowest BCUT2D eigenvalue weighted by molar-refractivity contribution is -0.138. The van der Waals surface area contributed by atoms with Crippen LogP contribution in [0.4, 0.5) is 4.39 Å². The molecule has 0 aliphatic carbocycles. The summed E-state index contributed by atoms with van der Waals surface area (Å²) in [6.45, 7) is 0.914. The van der Waals surface area contributed by atoms with Crippen LogP contribution in [-0.2, 0) is 4.79 Å². The van der Waals surface area contributed by atoms with Crippen molar-refractivity contribution in [1.82, 2.24) is 20.0 Å². The van der Waals surface area contributed by atoms with Gasteiger partial charge in [-0.15, -0.1) is 0 Å². The minimum Gasteiger partial charge on any atom is -0.484 e. The number of ether oxygens (including phenoxy) is 1. The van der Waals surface area contributed by atoms with Gasteiger partial charge in [0.05, 0.1) is 5.92 Å². The molecule has 3 heterocycles. The van der Waals surface area contributed by atoms with Gasteiger partial charge in [0.25, 0.3) is 5.91 Å². The van der Waals surface area contributed by atoms with E-state index in [0.29, 0.717) is 30.6 Å². The highest BCUT2D eigenvalue weighted by atomic mass is 19.1. The van der Waals surface area contributed by atoms with Gasteiger partial charge in [-0.05, 0) is 36.4 Å². The van der Waals surface area contributed by atoms with Gasteiger partial charge in [-0.2, -0.15) is 4.98 Å². The molecule has 26 heavy (non-hydrogen) atoms. The third-order valence-electron chi connectivity index (χ3n) is 4.14. The number of likely N-dealkylation sites (tertiary alicyclic amines) is 1. The van der Waals surface area contributed by atoms with Crippen molar-refractivity contribution < 1.29 is 18.4 Å². The first-order valence-corrected chi connectivity index (χ1v) is 8.09. The molecular weight excluding hydrogens is 339 g/mol. The first kappa shape index (κ1) is 16.2. The molecule has 2 aromatic heterocycles. The summed E-state index contributed by atoms with van der Waals surface area (Å²) in [7, 11) is 0. The van der Waals surface area contributed by atoms with Gasteiger partial charge in [0, 0.05) is 31.0 Å². The van der Waals surface area contributed by atoms with E-state index < -0.39 is 0 Å². The highest BCUT2D eigenvalue weighted by Crippen LogP contribution is 2.27. The number of carbonyl (C=O) groups excluding carboxylic acids is 1. The second-order valence-electron chi connectivity index (χ2n) is 5.93. The summed E-state index contributed by atoms with van der Waals surface area (Å²) in [5.41, 5.74) is 0.829. The largest absolute Gasteiger partial charge is 0.484 e. The molecule has 1 aromatic carbocycles. The van der Waals surface area contributed by atoms with Gasteiger partial charge in [0.15, 0.2) is 6.61 Å². The molecule has 8 heteroatoms. The Balaban J connectivity index is 1.29. The number of pyridine rings is 1. The molecule has 1 fully saturated rings. The van der Waals surface area contributed by atoms with Crippen LogP contribution in [0.1, 0.15) is 11.8 Å². The highest BCUT2D eigenvalue weighted by Gasteiger charge is 2.35. The first-order valence-electron chi connectivity index (χ1n) is 8.09. The van der Waals surface area contributed by atoms with Gasteiger partial charge < -0.3 is 14.2 Å². The monoisotopic (exact) mass is 354 g/mol. The number of hydrogen-bond donors (Lipinski definition) is 0. The number of hydrogen-bond acceptors (Lipinski definition) is 6. The second kappa shape index (κ2) is 6.91. The van der Waals surface area contributed by atoms with Crippen molar-refractivity contribution in [3.8, 4) is 17.1 Å². The quantitative estimate of drug-likeness (QED) is 0.699. The van der Waals surface area contributed by atoms with Gasteiger partial charge >= 0.3 is 0 Å². The smallest absolute Gasteiger partial charge is 0.260 e. The highest BCUT2D eigenvalue weighted by molar-refractivity contribution is 5.78. The maximum Gasteiger partial charge on any atom is 0.260 e. The molecule has 0 spiro atoms. The minimum atomic E-state index is -0.347. The zero-order valence-corrected chi connectivity index (χ0v) is 13.7. The maximum atomic E-state index is 12.8. The predicted octanol–water partition coefficient (Wildman–Crippen LogP) is 2.28. The van der Waals surface area contributed by atoms with Crippen molar-refractivity contribution in [3.05, 3.63) is 60.5 Å². The second-order valence-corrected chi connectivity index (χ2v) is 5.93. The van der Waals surface area contributed by atoms with Crippen molar-refractivity contribution in [2.24, 2.45) is 0 Å². The Morgan fingerprint density at radius 1 is 1.19 bits per heavy atom. The minimum absolute atomic E-state index is 0.0212. The van der Waals surface area contributed by atoms with Gasteiger partial charge in [0.2, 0.25) is 11.7 Å². The summed E-state index contributed by atoms with van der Waals surface area (Å²) in [6.07, 6.45) is 3.33. The number of nitrogens with zero attached hydrogens (tertiary/aromatic N) is 4. The number of rotatable bonds is 5. The number of amides is 1. The fourth-order valence-corrected chi connectivity index (χ4v) is 2.62. The van der Waals surface area contributed by atoms with Crippen LogP contribution in [0, 0.1) is 5.82 Å². The van der Waals surface area contributed by atoms with E-state index in [4.69, 9.17) is 9.26 Å². The van der Waals surface area contributed by atoms with Gasteiger partial charge in [-0.1, -0.05) is 5.16 Å². The molecule has 0 N–H and O–H groups in total. The third-order valence-corrected chi connectivity index (χ3v) is 4.14. The molecule has 1 amide bonds. The Bertz CT molecular complexity index is 892. The molecule has 7 nitrogen and oxygen atoms in total. The number of carbonyl (C=O) groups is 1. The lowest BCUT2D eigenvalue weighted by Gasteiger charge is -2.36. The SMILES string of the molecule is O=C(COc1ccc(F)cc1)N1CC(c2nc(-c3ccncc3)no2)C1. The van der Waals surface area contributed by atoms with E-state index in [1.54, 1.807) is 29.4 Å². The Labute approximate surface area is 148 Å². The van der Waals surface area contributed by atoms with Crippen LogP contribution in [0.5, 0.6) is 5.75 Å². The van der Waals surface area contributed by atoms with Crippen LogP contribution in [0.3, 0.4) is 0 Å². The molecule has 1 aliphatic heterocycles. The average Bonchev–Trinajstić information content (AvgIpc) is 3.10. The lowest BCUT2D eigenvalue weighted by atomic mass is 10.0. The molecular formula is C18H15FN4O3. The standard InChI is InChI=1S/C18H15FN4O3/c19-14-1-3-15(4-2-14)25-11-16(24)23-9-13(10-23)18-21-17(22-26-18)12-5-7-20-8-6-12/h1-8,13H,9-11H2. The average molecular weight is 354 g/mol. The summed E-state index contributed by atoms with van der Waals surface area (Å²) in [6, 6.07) is 9.15. The predicted molar refractivity (Wildman–Crippen MR) is 88.7 cm³/mol. The van der Waals surface area contributed by atoms with Gasteiger partial charge in [0.1, 0.15) is 11.6 Å². The molecule has 132 valence electrons. The molecule has 0 atom stereocenters. The molecule has 4 rings (SSSR count). The Kier molecular flexibility index (Phi) is 4.30. The Hall–Kier alpha value is -3.29. The lowest BCUT2D eigenvalue weighted by Crippen LogP contribution is -2.50. The third kappa shape index (κ3) is 3.39. The maximum absolute atomic E-state index is 12.8. The van der Waals surface area contributed by atoms with E-state index in [1.165, 1.54) is 24.3 Å². The summed E-state index contributed by atoms with van der Waals surface area (Å²) in [4.78, 5) is 22.1. The van der Waals surface area contributed by atoms with Crippen molar-refractivity contribution in [3.63, 3.8) is 0 Å². The van der Waals surface area contributed by atoms with Crippen molar-refractivity contribution >= 4 is 5.91 Å². The Morgan fingerprint density at radius 3 is 2.65 bits per heavy atom. The van der Waals surface area contributed by atoms with Crippen molar-refractivity contribution in [2.75, 3.05) is 19.7 Å². The molecule has 1 aliphatic rings. The van der Waals surface area contributed by atoms with E-state index in [2.05, 4.69) is 15.1 Å². The number of halogens is 1. The van der Waals surface area contributed by atoms with E-state index in [-0.39, 0.29) is 24.2 Å². The van der Waals surface area contributed by atoms with E-state index in [0.717, 1.165) is 5.56 Å². The fourth-order valence-electron chi connectivity index (χ4n) is 2.62. The molecule has 0 bridgehead atoms.